The topological polar surface area (TPSA) is 31.2 Å². The molecule has 3 aromatic rings. The monoisotopic (exact) mass is 361 g/mol. The Bertz CT molecular complexity index is 923. The second-order valence-electron chi connectivity index (χ2n) is 6.53. The van der Waals surface area contributed by atoms with Crippen LogP contribution < -0.4 is 0 Å². The van der Waals surface area contributed by atoms with Gasteiger partial charge < -0.3 is 4.74 Å². The number of hydrogen-bond donors (Lipinski definition) is 0. The molecule has 0 bridgehead atoms. The molecule has 0 fully saturated rings. The number of carbonyl (C=O) groups is 1. The molecule has 2 aromatic carbocycles. The second kappa shape index (κ2) is 6.15. The van der Waals surface area contributed by atoms with Crippen molar-refractivity contribution in [2.24, 2.45) is 0 Å². The smallest absolute Gasteiger partial charge is 0.419 e. The fourth-order valence-electron chi connectivity index (χ4n) is 2.53. The Labute approximate surface area is 150 Å². The van der Waals surface area contributed by atoms with Crippen LogP contribution in [-0.4, -0.2) is 16.3 Å². The van der Waals surface area contributed by atoms with E-state index in [0.717, 1.165) is 16.5 Å². The molecule has 0 aliphatic heterocycles. The van der Waals surface area contributed by atoms with Gasteiger partial charge in [-0.25, -0.2) is 9.36 Å². The number of para-hydroxylation sites is 1. The molecule has 0 saturated carbocycles. The molecule has 0 spiro atoms. The van der Waals surface area contributed by atoms with Gasteiger partial charge >= 0.3 is 6.09 Å². The lowest BCUT2D eigenvalue weighted by Gasteiger charge is -2.21. The van der Waals surface area contributed by atoms with Crippen molar-refractivity contribution in [3.8, 4) is 11.3 Å². The maximum atomic E-state index is 12.8. The quantitative estimate of drug-likeness (QED) is 0.502. The van der Waals surface area contributed by atoms with Crippen molar-refractivity contribution < 1.29 is 9.53 Å². The minimum atomic E-state index is -0.586. The van der Waals surface area contributed by atoms with Crippen LogP contribution in [0.1, 0.15) is 20.8 Å². The molecule has 0 N–H and O–H groups in total. The Kier molecular flexibility index (Phi) is 4.33. The zero-order valence-corrected chi connectivity index (χ0v) is 15.2. The maximum Gasteiger partial charge on any atom is 0.419 e. The van der Waals surface area contributed by atoms with E-state index < -0.39 is 11.7 Å². The van der Waals surface area contributed by atoms with Gasteiger partial charge in [-0.3, -0.25) is 0 Å². The lowest BCUT2D eigenvalue weighted by atomic mass is 10.1. The van der Waals surface area contributed by atoms with Gasteiger partial charge in [0.1, 0.15) is 5.60 Å². The fourth-order valence-corrected chi connectivity index (χ4v) is 2.83. The van der Waals surface area contributed by atoms with E-state index in [9.17, 15) is 4.79 Å². The number of fused-ring (bicyclic) bond motifs is 1. The van der Waals surface area contributed by atoms with Crippen molar-refractivity contribution in [2.75, 3.05) is 0 Å². The number of benzene rings is 2. The predicted molar refractivity (Wildman–Crippen MR) is 99.0 cm³/mol. The summed E-state index contributed by atoms with van der Waals surface area (Å²) in [6, 6.07) is 14.9. The highest BCUT2D eigenvalue weighted by Crippen LogP contribution is 2.33. The summed E-state index contributed by atoms with van der Waals surface area (Å²) in [4.78, 5) is 12.8. The van der Waals surface area contributed by atoms with Gasteiger partial charge in [0.25, 0.3) is 0 Å². The predicted octanol–water partition coefficient (Wildman–Crippen LogP) is 6.40. The Hall–Kier alpha value is -1.97. The van der Waals surface area contributed by atoms with Crippen LogP contribution in [0.3, 0.4) is 0 Å². The number of rotatable bonds is 1. The first-order chi connectivity index (χ1) is 11.3. The summed E-state index contributed by atoms with van der Waals surface area (Å²) in [6.45, 7) is 5.53. The summed E-state index contributed by atoms with van der Waals surface area (Å²) < 4.78 is 7.14. The number of halogens is 2. The van der Waals surface area contributed by atoms with E-state index in [1.165, 1.54) is 0 Å². The highest BCUT2D eigenvalue weighted by atomic mass is 35.5. The van der Waals surface area contributed by atoms with Crippen LogP contribution in [0, 0.1) is 0 Å². The van der Waals surface area contributed by atoms with Crippen LogP contribution in [0.2, 0.25) is 10.0 Å². The van der Waals surface area contributed by atoms with Gasteiger partial charge in [0, 0.05) is 10.9 Å². The molecule has 0 aliphatic carbocycles. The molecule has 0 saturated heterocycles. The third kappa shape index (κ3) is 3.28. The van der Waals surface area contributed by atoms with Crippen LogP contribution in [-0.2, 0) is 4.74 Å². The Balaban J connectivity index is 2.22. The van der Waals surface area contributed by atoms with Gasteiger partial charge in [-0.05, 0) is 45.0 Å². The van der Waals surface area contributed by atoms with Crippen molar-refractivity contribution in [1.82, 2.24) is 4.57 Å². The summed E-state index contributed by atoms with van der Waals surface area (Å²) in [7, 11) is 0. The average molecular weight is 362 g/mol. The van der Waals surface area contributed by atoms with Gasteiger partial charge in [-0.1, -0.05) is 47.5 Å². The molecule has 0 aliphatic rings. The molecule has 0 atom stereocenters. The van der Waals surface area contributed by atoms with Crippen molar-refractivity contribution in [3.05, 3.63) is 58.6 Å². The summed E-state index contributed by atoms with van der Waals surface area (Å²) in [6.07, 6.45) is -0.426. The lowest BCUT2D eigenvalue weighted by molar-refractivity contribution is 0.0547. The molecular weight excluding hydrogens is 345 g/mol. The molecule has 0 unspecified atom stereocenters. The Morgan fingerprint density at radius 1 is 1.00 bits per heavy atom. The van der Waals surface area contributed by atoms with Crippen LogP contribution in [0.25, 0.3) is 22.2 Å². The number of nitrogens with zero attached hydrogens (tertiary/aromatic N) is 1. The van der Waals surface area contributed by atoms with E-state index in [1.807, 2.05) is 57.2 Å². The Morgan fingerprint density at radius 2 is 1.71 bits per heavy atom. The third-order valence-corrected chi connectivity index (χ3v) is 4.24. The minimum Gasteiger partial charge on any atom is -0.443 e. The van der Waals surface area contributed by atoms with Crippen molar-refractivity contribution in [1.29, 1.82) is 0 Å². The summed E-state index contributed by atoms with van der Waals surface area (Å²) in [5.41, 5.74) is 1.71. The molecular formula is C19H17Cl2NO2. The van der Waals surface area contributed by atoms with Crippen molar-refractivity contribution in [3.63, 3.8) is 0 Å². The SMILES string of the molecule is CC(C)(C)OC(=O)n1c(-c2ccc(Cl)c(Cl)c2)cc2ccccc21. The molecule has 1 aromatic heterocycles. The van der Waals surface area contributed by atoms with Crippen molar-refractivity contribution in [2.45, 2.75) is 26.4 Å². The molecule has 5 heteroatoms. The van der Waals surface area contributed by atoms with E-state index >= 15 is 0 Å². The van der Waals surface area contributed by atoms with Gasteiger partial charge in [-0.2, -0.15) is 0 Å². The highest BCUT2D eigenvalue weighted by Gasteiger charge is 2.22. The summed E-state index contributed by atoms with van der Waals surface area (Å²) in [5.74, 6) is 0. The molecule has 1 heterocycles. The standard InChI is InChI=1S/C19H17Cl2NO2/c1-19(2,3)24-18(23)22-16-7-5-4-6-12(16)11-17(22)13-8-9-14(20)15(21)10-13/h4-11H,1-3H3. The average Bonchev–Trinajstić information content (AvgIpc) is 2.87. The van der Waals surface area contributed by atoms with E-state index in [4.69, 9.17) is 27.9 Å². The third-order valence-electron chi connectivity index (χ3n) is 3.50. The minimum absolute atomic E-state index is 0.426. The Morgan fingerprint density at radius 3 is 2.38 bits per heavy atom. The highest BCUT2D eigenvalue weighted by molar-refractivity contribution is 6.42. The van der Waals surface area contributed by atoms with E-state index in [2.05, 4.69) is 0 Å². The van der Waals surface area contributed by atoms with Gasteiger partial charge in [0.2, 0.25) is 0 Å². The molecule has 0 amide bonds. The van der Waals surface area contributed by atoms with Gasteiger partial charge in [-0.15, -0.1) is 0 Å². The molecule has 24 heavy (non-hydrogen) atoms. The fraction of sp³-hybridized carbons (Fsp3) is 0.211. The number of ether oxygens (including phenoxy) is 1. The zero-order valence-electron chi connectivity index (χ0n) is 13.6. The molecule has 3 nitrogen and oxygen atoms in total. The molecule has 3 rings (SSSR count). The summed E-state index contributed by atoms with van der Waals surface area (Å²) in [5, 5.41) is 1.86. The van der Waals surface area contributed by atoms with Crippen LogP contribution in [0.15, 0.2) is 48.5 Å². The van der Waals surface area contributed by atoms with E-state index in [0.29, 0.717) is 15.7 Å². The van der Waals surface area contributed by atoms with E-state index in [1.54, 1.807) is 16.7 Å². The first kappa shape index (κ1) is 16.9. The van der Waals surface area contributed by atoms with Gasteiger partial charge in [0.05, 0.1) is 21.3 Å². The largest absolute Gasteiger partial charge is 0.443 e. The van der Waals surface area contributed by atoms with Crippen LogP contribution >= 0.6 is 23.2 Å². The van der Waals surface area contributed by atoms with Crippen LogP contribution in [0.4, 0.5) is 4.79 Å². The first-order valence-electron chi connectivity index (χ1n) is 7.55. The summed E-state index contributed by atoms with van der Waals surface area (Å²) >= 11 is 12.1. The van der Waals surface area contributed by atoms with Gasteiger partial charge in [0.15, 0.2) is 0 Å². The number of aromatic nitrogens is 1. The van der Waals surface area contributed by atoms with E-state index in [-0.39, 0.29) is 0 Å². The maximum absolute atomic E-state index is 12.8. The first-order valence-corrected chi connectivity index (χ1v) is 8.31. The van der Waals surface area contributed by atoms with Crippen LogP contribution in [0.5, 0.6) is 0 Å². The molecule has 124 valence electrons. The molecule has 0 radical (unpaired) electrons. The normalized spacial score (nSPS) is 11.7. The zero-order chi connectivity index (χ0) is 17.5. The number of carbonyl (C=O) groups excluding carboxylic acids is 1. The second-order valence-corrected chi connectivity index (χ2v) is 7.35. The number of hydrogen-bond acceptors (Lipinski definition) is 2. The van der Waals surface area contributed by atoms with Crippen molar-refractivity contribution >= 4 is 40.2 Å². The lowest BCUT2D eigenvalue weighted by Crippen LogP contribution is -2.27.